The van der Waals surface area contributed by atoms with Gasteiger partial charge in [-0.2, -0.15) is 0 Å². The van der Waals surface area contributed by atoms with Crippen molar-refractivity contribution in [2.75, 3.05) is 0 Å². The summed E-state index contributed by atoms with van der Waals surface area (Å²) in [7, 11) is 0. The van der Waals surface area contributed by atoms with Gasteiger partial charge < -0.3 is 5.21 Å². The fraction of sp³-hybridized carbons (Fsp3) is 0.150. The third-order valence-electron chi connectivity index (χ3n) is 4.42. The molecule has 0 spiro atoms. The van der Waals surface area contributed by atoms with Crippen molar-refractivity contribution in [3.05, 3.63) is 69.9 Å². The third-order valence-corrected chi connectivity index (χ3v) is 6.93. The summed E-state index contributed by atoms with van der Waals surface area (Å²) in [5.74, 6) is 0.366. The lowest BCUT2D eigenvalue weighted by Crippen LogP contribution is -1.92. The summed E-state index contributed by atoms with van der Waals surface area (Å²) in [6, 6.07) is 19.6. The number of oxime groups is 1. The molecule has 0 bridgehead atoms. The van der Waals surface area contributed by atoms with Crippen LogP contribution in [0, 0.1) is 0 Å². The van der Waals surface area contributed by atoms with Gasteiger partial charge in [0.15, 0.2) is 0 Å². The highest BCUT2D eigenvalue weighted by atomic mass is 32.1. The first-order valence-electron chi connectivity index (χ1n) is 7.86. The molecule has 2 aromatic carbocycles. The van der Waals surface area contributed by atoms with Crippen LogP contribution in [0.3, 0.4) is 0 Å². The summed E-state index contributed by atoms with van der Waals surface area (Å²) in [5.41, 5.74) is 1.98. The predicted octanol–water partition coefficient (Wildman–Crippen LogP) is 6.47. The van der Waals surface area contributed by atoms with Crippen LogP contribution in [0.4, 0.5) is 0 Å². The van der Waals surface area contributed by atoms with Crippen molar-refractivity contribution in [3.8, 4) is 0 Å². The zero-order valence-electron chi connectivity index (χ0n) is 13.5. The van der Waals surface area contributed by atoms with Crippen molar-refractivity contribution in [3.63, 3.8) is 0 Å². The first-order chi connectivity index (χ1) is 11.7. The van der Waals surface area contributed by atoms with Gasteiger partial charge >= 0.3 is 0 Å². The van der Waals surface area contributed by atoms with Gasteiger partial charge in [0, 0.05) is 20.2 Å². The largest absolute Gasteiger partial charge is 0.411 e. The smallest absolute Gasteiger partial charge is 0.0936 e. The van der Waals surface area contributed by atoms with Gasteiger partial charge in [0.05, 0.1) is 10.6 Å². The second kappa shape index (κ2) is 6.04. The Morgan fingerprint density at radius 2 is 1.75 bits per heavy atom. The molecule has 2 aromatic heterocycles. The normalized spacial score (nSPS) is 13.7. The molecule has 120 valence electrons. The van der Waals surface area contributed by atoms with E-state index in [-0.39, 0.29) is 0 Å². The second-order valence-electron chi connectivity index (χ2n) is 6.00. The van der Waals surface area contributed by atoms with Gasteiger partial charge in [-0.05, 0) is 47.5 Å². The first kappa shape index (κ1) is 15.4. The standard InChI is InChI=1S/C20H17NOS2/c1-12(18-10-15-5-3-4-6-17(15)23-18)14-7-8-16-11-19(13(2)21-22)24-20(16)9-14/h3-12,22H,1-2H3/b21-13-. The molecule has 1 unspecified atom stereocenters. The summed E-state index contributed by atoms with van der Waals surface area (Å²) in [5, 5.41) is 14.8. The minimum atomic E-state index is 0.366. The summed E-state index contributed by atoms with van der Waals surface area (Å²) in [4.78, 5) is 2.40. The van der Waals surface area contributed by atoms with Gasteiger partial charge in [0.1, 0.15) is 0 Å². The van der Waals surface area contributed by atoms with Crippen LogP contribution in [-0.2, 0) is 0 Å². The predicted molar refractivity (Wildman–Crippen MR) is 105 cm³/mol. The van der Waals surface area contributed by atoms with Crippen LogP contribution in [0.15, 0.2) is 59.8 Å². The molecule has 4 aromatic rings. The lowest BCUT2D eigenvalue weighted by molar-refractivity contribution is 0.319. The average Bonchev–Trinajstić information content (AvgIpc) is 3.23. The third kappa shape index (κ3) is 2.62. The Bertz CT molecular complexity index is 1020. The van der Waals surface area contributed by atoms with E-state index < -0.39 is 0 Å². The van der Waals surface area contributed by atoms with Gasteiger partial charge in [0.2, 0.25) is 0 Å². The number of hydrogen-bond donors (Lipinski definition) is 1. The van der Waals surface area contributed by atoms with Crippen LogP contribution < -0.4 is 0 Å². The van der Waals surface area contributed by atoms with Crippen LogP contribution in [0.1, 0.15) is 35.1 Å². The number of nitrogens with zero attached hydrogens (tertiary/aromatic N) is 1. The SMILES string of the molecule is C/C(=N/O)c1cc2ccc(C(C)c3cc4ccccc4s3)cc2s1. The highest BCUT2D eigenvalue weighted by Crippen LogP contribution is 2.36. The van der Waals surface area contributed by atoms with E-state index in [1.54, 1.807) is 11.3 Å². The van der Waals surface area contributed by atoms with Gasteiger partial charge in [-0.3, -0.25) is 0 Å². The van der Waals surface area contributed by atoms with Crippen molar-refractivity contribution in [2.45, 2.75) is 19.8 Å². The first-order valence-corrected chi connectivity index (χ1v) is 9.50. The maximum absolute atomic E-state index is 8.97. The van der Waals surface area contributed by atoms with Gasteiger partial charge in [0.25, 0.3) is 0 Å². The van der Waals surface area contributed by atoms with E-state index in [2.05, 4.69) is 66.7 Å². The zero-order valence-corrected chi connectivity index (χ0v) is 15.1. The second-order valence-corrected chi connectivity index (χ2v) is 8.20. The quantitative estimate of drug-likeness (QED) is 0.256. The molecule has 0 fully saturated rings. The molecule has 2 heterocycles. The maximum Gasteiger partial charge on any atom is 0.0936 e. The molecular weight excluding hydrogens is 334 g/mol. The Balaban J connectivity index is 1.74. The van der Waals surface area contributed by atoms with E-state index in [9.17, 15) is 0 Å². The van der Waals surface area contributed by atoms with Gasteiger partial charge in [-0.15, -0.1) is 22.7 Å². The molecule has 0 radical (unpaired) electrons. The Morgan fingerprint density at radius 3 is 2.54 bits per heavy atom. The topological polar surface area (TPSA) is 32.6 Å². The van der Waals surface area contributed by atoms with Crippen LogP contribution >= 0.6 is 22.7 Å². The van der Waals surface area contributed by atoms with E-state index in [1.807, 2.05) is 18.3 Å². The summed E-state index contributed by atoms with van der Waals surface area (Å²) < 4.78 is 2.58. The summed E-state index contributed by atoms with van der Waals surface area (Å²) in [6.07, 6.45) is 0. The molecule has 1 N–H and O–H groups in total. The van der Waals surface area contributed by atoms with E-state index >= 15 is 0 Å². The number of thiophene rings is 2. The van der Waals surface area contributed by atoms with Crippen molar-refractivity contribution < 1.29 is 5.21 Å². The lowest BCUT2D eigenvalue weighted by Gasteiger charge is -2.09. The molecule has 0 aliphatic carbocycles. The number of hydrogen-bond acceptors (Lipinski definition) is 4. The minimum absolute atomic E-state index is 0.366. The zero-order chi connectivity index (χ0) is 16.7. The molecular formula is C20H17NOS2. The Labute approximate surface area is 148 Å². The monoisotopic (exact) mass is 351 g/mol. The molecule has 1 atom stereocenters. The highest BCUT2D eigenvalue weighted by molar-refractivity contribution is 7.21. The van der Waals surface area contributed by atoms with Crippen LogP contribution in [0.2, 0.25) is 0 Å². The van der Waals surface area contributed by atoms with Crippen LogP contribution in [0.5, 0.6) is 0 Å². The van der Waals surface area contributed by atoms with E-state index in [0.29, 0.717) is 11.6 Å². The molecule has 24 heavy (non-hydrogen) atoms. The molecule has 4 heteroatoms. The molecule has 0 aliphatic heterocycles. The van der Waals surface area contributed by atoms with E-state index in [1.165, 1.54) is 30.6 Å². The van der Waals surface area contributed by atoms with Crippen molar-refractivity contribution >= 4 is 48.6 Å². The molecule has 0 aliphatic rings. The Kier molecular flexibility index (Phi) is 3.87. The molecule has 4 rings (SSSR count). The van der Waals surface area contributed by atoms with Crippen molar-refractivity contribution in [2.24, 2.45) is 5.16 Å². The van der Waals surface area contributed by atoms with Crippen molar-refractivity contribution in [1.82, 2.24) is 0 Å². The number of benzene rings is 2. The number of fused-ring (bicyclic) bond motifs is 2. The molecule has 2 nitrogen and oxygen atoms in total. The fourth-order valence-electron chi connectivity index (χ4n) is 2.92. The Hall–Kier alpha value is -2.17. The minimum Gasteiger partial charge on any atom is -0.411 e. The van der Waals surface area contributed by atoms with Gasteiger partial charge in [-0.25, -0.2) is 0 Å². The molecule has 0 saturated heterocycles. The summed E-state index contributed by atoms with van der Waals surface area (Å²) in [6.45, 7) is 4.09. The fourth-order valence-corrected chi connectivity index (χ4v) is 5.12. The summed E-state index contributed by atoms with van der Waals surface area (Å²) >= 11 is 3.54. The number of rotatable bonds is 3. The maximum atomic E-state index is 8.97. The average molecular weight is 351 g/mol. The van der Waals surface area contributed by atoms with Gasteiger partial charge in [-0.1, -0.05) is 42.4 Å². The van der Waals surface area contributed by atoms with E-state index in [4.69, 9.17) is 5.21 Å². The van der Waals surface area contributed by atoms with Crippen molar-refractivity contribution in [1.29, 1.82) is 0 Å². The van der Waals surface area contributed by atoms with E-state index in [0.717, 1.165) is 4.88 Å². The van der Waals surface area contributed by atoms with Crippen LogP contribution in [-0.4, -0.2) is 10.9 Å². The lowest BCUT2D eigenvalue weighted by atomic mass is 9.98. The highest BCUT2D eigenvalue weighted by Gasteiger charge is 2.14. The Morgan fingerprint density at radius 1 is 0.958 bits per heavy atom. The van der Waals surface area contributed by atoms with Crippen LogP contribution in [0.25, 0.3) is 20.2 Å². The molecule has 0 saturated carbocycles. The molecule has 0 amide bonds.